The Kier molecular flexibility index (Phi) is 6.47. The van der Waals surface area contributed by atoms with Gasteiger partial charge in [0.2, 0.25) is 0 Å². The molecule has 21 heavy (non-hydrogen) atoms. The lowest BCUT2D eigenvalue weighted by Gasteiger charge is -2.35. The van der Waals surface area contributed by atoms with Gasteiger partial charge in [-0.25, -0.2) is 4.72 Å². The van der Waals surface area contributed by atoms with Crippen molar-refractivity contribution in [2.24, 2.45) is 5.92 Å². The molecule has 1 aliphatic heterocycles. The first-order chi connectivity index (χ1) is 9.99. The van der Waals surface area contributed by atoms with Gasteiger partial charge in [-0.1, -0.05) is 33.1 Å². The van der Waals surface area contributed by atoms with Crippen LogP contribution in [-0.4, -0.2) is 44.4 Å². The van der Waals surface area contributed by atoms with E-state index in [1.165, 1.54) is 19.3 Å². The summed E-state index contributed by atoms with van der Waals surface area (Å²) in [5.41, 5.74) is 0. The minimum atomic E-state index is -3.31. The van der Waals surface area contributed by atoms with E-state index in [1.807, 2.05) is 0 Å². The van der Waals surface area contributed by atoms with Crippen molar-refractivity contribution in [3.05, 3.63) is 0 Å². The number of piperidine rings is 1. The molecule has 0 amide bonds. The molecule has 0 spiro atoms. The number of hydrogen-bond donors (Lipinski definition) is 2. The predicted molar refractivity (Wildman–Crippen MR) is 86.4 cm³/mol. The second-order valence-corrected chi connectivity index (χ2v) is 8.52. The molecular weight excluding hydrogens is 286 g/mol. The maximum Gasteiger partial charge on any atom is 0.279 e. The lowest BCUT2D eigenvalue weighted by Crippen LogP contribution is -2.53. The quantitative estimate of drug-likeness (QED) is 0.638. The summed E-state index contributed by atoms with van der Waals surface area (Å²) in [6.45, 7) is 6.18. The van der Waals surface area contributed by atoms with Crippen LogP contribution in [0.3, 0.4) is 0 Å². The number of nitrogens with one attached hydrogen (secondary N) is 2. The van der Waals surface area contributed by atoms with Gasteiger partial charge in [0.05, 0.1) is 0 Å². The van der Waals surface area contributed by atoms with E-state index in [2.05, 4.69) is 23.9 Å². The van der Waals surface area contributed by atoms with E-state index in [1.54, 1.807) is 4.31 Å². The Labute approximate surface area is 130 Å². The van der Waals surface area contributed by atoms with Crippen molar-refractivity contribution < 1.29 is 8.42 Å². The molecule has 1 atom stereocenters. The van der Waals surface area contributed by atoms with Gasteiger partial charge in [-0.15, -0.1) is 0 Å². The van der Waals surface area contributed by atoms with E-state index in [0.29, 0.717) is 19.1 Å². The Balaban J connectivity index is 1.81. The zero-order valence-corrected chi connectivity index (χ0v) is 14.3. The predicted octanol–water partition coefficient (Wildman–Crippen LogP) is 1.86. The molecule has 2 fully saturated rings. The van der Waals surface area contributed by atoms with Crippen LogP contribution in [0.25, 0.3) is 0 Å². The van der Waals surface area contributed by atoms with Crippen LogP contribution in [0, 0.1) is 5.92 Å². The Morgan fingerprint density at radius 1 is 1.19 bits per heavy atom. The van der Waals surface area contributed by atoms with Crippen LogP contribution in [0.2, 0.25) is 0 Å². The van der Waals surface area contributed by atoms with Crippen molar-refractivity contribution in [2.45, 2.75) is 70.9 Å². The van der Waals surface area contributed by atoms with E-state index in [9.17, 15) is 8.42 Å². The Morgan fingerprint density at radius 3 is 2.62 bits per heavy atom. The highest BCUT2D eigenvalue weighted by Crippen LogP contribution is 2.33. The summed E-state index contributed by atoms with van der Waals surface area (Å²) in [7, 11) is -3.31. The maximum absolute atomic E-state index is 12.5. The largest absolute Gasteiger partial charge is 0.313 e. The van der Waals surface area contributed by atoms with Crippen LogP contribution in [-0.2, 0) is 10.2 Å². The molecule has 5 nitrogen and oxygen atoms in total. The van der Waals surface area contributed by atoms with E-state index in [4.69, 9.17) is 0 Å². The highest BCUT2D eigenvalue weighted by atomic mass is 32.2. The van der Waals surface area contributed by atoms with Gasteiger partial charge in [0, 0.05) is 31.7 Å². The van der Waals surface area contributed by atoms with Crippen LogP contribution in [0.5, 0.6) is 0 Å². The van der Waals surface area contributed by atoms with Crippen molar-refractivity contribution >= 4 is 10.2 Å². The fraction of sp³-hybridized carbons (Fsp3) is 1.00. The molecule has 1 heterocycles. The molecule has 0 radical (unpaired) electrons. The lowest BCUT2D eigenvalue weighted by molar-refractivity contribution is 0.239. The Morgan fingerprint density at radius 2 is 1.95 bits per heavy atom. The molecule has 2 N–H and O–H groups in total. The van der Waals surface area contributed by atoms with Gasteiger partial charge in [0.1, 0.15) is 0 Å². The van der Waals surface area contributed by atoms with E-state index in [0.717, 1.165) is 38.1 Å². The summed E-state index contributed by atoms with van der Waals surface area (Å²) < 4.78 is 29.5. The number of rotatable bonds is 9. The highest BCUT2D eigenvalue weighted by molar-refractivity contribution is 7.87. The first-order valence-corrected chi connectivity index (χ1v) is 9.93. The van der Waals surface area contributed by atoms with E-state index in [-0.39, 0.29) is 6.04 Å². The molecule has 0 aromatic carbocycles. The van der Waals surface area contributed by atoms with Crippen molar-refractivity contribution in [2.75, 3.05) is 19.6 Å². The summed E-state index contributed by atoms with van der Waals surface area (Å²) in [6, 6.07) is 0.491. The molecule has 0 aromatic rings. The zero-order chi connectivity index (χ0) is 15.3. The number of nitrogens with zero attached hydrogens (tertiary/aromatic N) is 1. The maximum atomic E-state index is 12.5. The monoisotopic (exact) mass is 317 g/mol. The summed E-state index contributed by atoms with van der Waals surface area (Å²) in [5.74, 6) is 0.868. The van der Waals surface area contributed by atoms with Crippen molar-refractivity contribution in [1.29, 1.82) is 0 Å². The van der Waals surface area contributed by atoms with Gasteiger partial charge in [-0.3, -0.25) is 0 Å². The third-order valence-electron chi connectivity index (χ3n) is 4.41. The zero-order valence-electron chi connectivity index (χ0n) is 13.5. The molecule has 124 valence electrons. The normalized spacial score (nSPS) is 24.6. The van der Waals surface area contributed by atoms with Gasteiger partial charge in [0.15, 0.2) is 0 Å². The molecule has 1 saturated heterocycles. The molecule has 0 aromatic heterocycles. The molecular formula is C15H31N3O2S. The third kappa shape index (κ3) is 5.85. The summed E-state index contributed by atoms with van der Waals surface area (Å²) >= 11 is 0. The van der Waals surface area contributed by atoms with E-state index >= 15 is 0 Å². The summed E-state index contributed by atoms with van der Waals surface area (Å²) in [5, 5.41) is 3.37. The van der Waals surface area contributed by atoms with Gasteiger partial charge < -0.3 is 5.32 Å². The molecule has 0 bridgehead atoms. The highest BCUT2D eigenvalue weighted by Gasteiger charge is 2.31. The fourth-order valence-corrected chi connectivity index (χ4v) is 4.46. The SMILES string of the molecule is CC(C)NCC1CCCCN1S(=O)(=O)NCCCC1CC1. The topological polar surface area (TPSA) is 61.4 Å². The second-order valence-electron chi connectivity index (χ2n) is 6.81. The first kappa shape index (κ1) is 17.2. The van der Waals surface area contributed by atoms with Gasteiger partial charge in [0.25, 0.3) is 10.2 Å². The molecule has 1 aliphatic carbocycles. The molecule has 2 rings (SSSR count). The standard InChI is InChI=1S/C15H31N3O2S/c1-13(2)16-12-15-7-3-4-11-18(15)21(19,20)17-10-5-6-14-8-9-14/h13-17H,3-12H2,1-2H3. The molecule has 6 heteroatoms. The van der Waals surface area contributed by atoms with Gasteiger partial charge in [-0.2, -0.15) is 12.7 Å². The molecule has 1 unspecified atom stereocenters. The molecule has 2 aliphatic rings. The average Bonchev–Trinajstić information content (AvgIpc) is 3.26. The van der Waals surface area contributed by atoms with Crippen LogP contribution in [0.1, 0.15) is 58.8 Å². The summed E-state index contributed by atoms with van der Waals surface area (Å²) in [4.78, 5) is 0. The second kappa shape index (κ2) is 7.90. The van der Waals surface area contributed by atoms with E-state index < -0.39 is 10.2 Å². The Bertz CT molecular complexity index is 407. The smallest absolute Gasteiger partial charge is 0.279 e. The summed E-state index contributed by atoms with van der Waals surface area (Å²) in [6.07, 6.45) is 7.86. The number of hydrogen-bond acceptors (Lipinski definition) is 3. The average molecular weight is 317 g/mol. The van der Waals surface area contributed by atoms with Crippen molar-refractivity contribution in [3.63, 3.8) is 0 Å². The van der Waals surface area contributed by atoms with Gasteiger partial charge >= 0.3 is 0 Å². The van der Waals surface area contributed by atoms with Crippen LogP contribution < -0.4 is 10.0 Å². The van der Waals surface area contributed by atoms with Gasteiger partial charge in [-0.05, 0) is 31.6 Å². The fourth-order valence-electron chi connectivity index (χ4n) is 2.95. The lowest BCUT2D eigenvalue weighted by atomic mass is 10.0. The van der Waals surface area contributed by atoms with Crippen molar-refractivity contribution in [1.82, 2.24) is 14.3 Å². The van der Waals surface area contributed by atoms with Crippen LogP contribution >= 0.6 is 0 Å². The minimum Gasteiger partial charge on any atom is -0.313 e. The van der Waals surface area contributed by atoms with Crippen molar-refractivity contribution in [3.8, 4) is 0 Å². The van der Waals surface area contributed by atoms with Crippen LogP contribution in [0.15, 0.2) is 0 Å². The minimum absolute atomic E-state index is 0.0992. The molecule has 1 saturated carbocycles. The Hall–Kier alpha value is -0.170. The third-order valence-corrected chi connectivity index (χ3v) is 6.08. The van der Waals surface area contributed by atoms with Crippen LogP contribution in [0.4, 0.5) is 0 Å². The first-order valence-electron chi connectivity index (χ1n) is 8.49.